The Morgan fingerprint density at radius 1 is 1.14 bits per heavy atom. The first-order valence-electron chi connectivity index (χ1n) is 6.78. The molecule has 1 amide bonds. The van der Waals surface area contributed by atoms with Crippen molar-refractivity contribution in [3.05, 3.63) is 72.3 Å². The van der Waals surface area contributed by atoms with Crippen LogP contribution in [0.4, 0.5) is 5.69 Å². The minimum Gasteiger partial charge on any atom is -0.490 e. The highest BCUT2D eigenvalue weighted by molar-refractivity contribution is 6.01. The molecule has 0 aromatic heterocycles. The largest absolute Gasteiger partial charge is 0.490 e. The van der Waals surface area contributed by atoms with Crippen molar-refractivity contribution < 1.29 is 9.53 Å². The van der Waals surface area contributed by atoms with Crippen molar-refractivity contribution in [2.75, 3.05) is 11.9 Å². The summed E-state index contributed by atoms with van der Waals surface area (Å²) in [6.45, 7) is 4.08. The summed E-state index contributed by atoms with van der Waals surface area (Å²) in [6.07, 6.45) is 1.43. The fourth-order valence-corrected chi connectivity index (χ4v) is 2.31. The molecule has 1 aliphatic heterocycles. The van der Waals surface area contributed by atoms with E-state index in [1.165, 1.54) is 0 Å². The summed E-state index contributed by atoms with van der Waals surface area (Å²) < 4.78 is 5.52. The van der Waals surface area contributed by atoms with E-state index in [1.54, 1.807) is 12.1 Å². The topological polar surface area (TPSA) is 50.4 Å². The molecule has 0 aliphatic carbocycles. The number of ether oxygens (including phenoxy) is 1. The van der Waals surface area contributed by atoms with E-state index in [0.717, 1.165) is 17.0 Å². The van der Waals surface area contributed by atoms with E-state index in [9.17, 15) is 4.79 Å². The average Bonchev–Trinajstić information content (AvgIpc) is 2.53. The zero-order valence-corrected chi connectivity index (χ0v) is 11.5. The van der Waals surface area contributed by atoms with Gasteiger partial charge in [0.05, 0.1) is 5.56 Å². The Morgan fingerprint density at radius 2 is 2.00 bits per heavy atom. The van der Waals surface area contributed by atoms with Gasteiger partial charge in [0, 0.05) is 5.69 Å². The van der Waals surface area contributed by atoms with Crippen LogP contribution in [0.5, 0.6) is 5.75 Å². The second-order valence-corrected chi connectivity index (χ2v) is 4.77. The molecule has 21 heavy (non-hydrogen) atoms. The standard InChI is InChI=1S/C17H16N2O2/c1-2-10-21-13-7-5-6-12(11-13)16-18-15-9-4-3-8-14(15)17(20)19-16/h2-9,11,16,18H,1,10H2,(H,19,20)/t16-/m0/s1. The smallest absolute Gasteiger partial charge is 0.255 e. The van der Waals surface area contributed by atoms with Gasteiger partial charge in [0.1, 0.15) is 18.5 Å². The van der Waals surface area contributed by atoms with Gasteiger partial charge in [-0.05, 0) is 29.8 Å². The molecule has 0 spiro atoms. The summed E-state index contributed by atoms with van der Waals surface area (Å²) >= 11 is 0. The molecule has 0 unspecified atom stereocenters. The maximum Gasteiger partial charge on any atom is 0.255 e. The number of carbonyl (C=O) groups excluding carboxylic acids is 1. The summed E-state index contributed by atoms with van der Waals surface area (Å²) in [5.74, 6) is 0.675. The summed E-state index contributed by atoms with van der Waals surface area (Å²) in [5.41, 5.74) is 2.44. The van der Waals surface area contributed by atoms with E-state index in [-0.39, 0.29) is 12.1 Å². The van der Waals surface area contributed by atoms with Gasteiger partial charge in [-0.15, -0.1) is 0 Å². The quantitative estimate of drug-likeness (QED) is 0.846. The number of anilines is 1. The molecular formula is C17H16N2O2. The molecule has 1 aliphatic rings. The van der Waals surface area contributed by atoms with Gasteiger partial charge in [-0.25, -0.2) is 0 Å². The second kappa shape index (κ2) is 5.71. The summed E-state index contributed by atoms with van der Waals surface area (Å²) in [5, 5.41) is 6.27. The first-order chi connectivity index (χ1) is 10.3. The molecule has 0 saturated heterocycles. The van der Waals surface area contributed by atoms with Crippen LogP contribution in [0.25, 0.3) is 0 Å². The van der Waals surface area contributed by atoms with E-state index in [2.05, 4.69) is 17.2 Å². The van der Waals surface area contributed by atoms with Crippen molar-refractivity contribution in [1.82, 2.24) is 5.32 Å². The van der Waals surface area contributed by atoms with Gasteiger partial charge < -0.3 is 15.4 Å². The van der Waals surface area contributed by atoms with Gasteiger partial charge in [-0.2, -0.15) is 0 Å². The van der Waals surface area contributed by atoms with Gasteiger partial charge in [-0.1, -0.05) is 36.9 Å². The first-order valence-corrected chi connectivity index (χ1v) is 6.78. The fourth-order valence-electron chi connectivity index (χ4n) is 2.31. The lowest BCUT2D eigenvalue weighted by Gasteiger charge is -2.28. The number of hydrogen-bond donors (Lipinski definition) is 2. The Balaban J connectivity index is 1.85. The van der Waals surface area contributed by atoms with Crippen LogP contribution in [0.3, 0.4) is 0 Å². The third kappa shape index (κ3) is 2.74. The minimum atomic E-state index is -0.264. The molecule has 106 valence electrons. The van der Waals surface area contributed by atoms with Crippen molar-refractivity contribution in [2.45, 2.75) is 6.17 Å². The molecule has 1 atom stereocenters. The van der Waals surface area contributed by atoms with Gasteiger partial charge >= 0.3 is 0 Å². The van der Waals surface area contributed by atoms with Crippen molar-refractivity contribution in [2.24, 2.45) is 0 Å². The van der Waals surface area contributed by atoms with Gasteiger partial charge in [-0.3, -0.25) is 4.79 Å². The Hall–Kier alpha value is -2.75. The normalized spacial score (nSPS) is 16.4. The molecule has 2 aromatic rings. The summed E-state index contributed by atoms with van der Waals surface area (Å²) in [4.78, 5) is 12.1. The van der Waals surface area contributed by atoms with Crippen molar-refractivity contribution in [1.29, 1.82) is 0 Å². The van der Waals surface area contributed by atoms with Gasteiger partial charge in [0.2, 0.25) is 0 Å². The number of rotatable bonds is 4. The Kier molecular flexibility index (Phi) is 3.60. The zero-order valence-electron chi connectivity index (χ0n) is 11.5. The molecule has 0 radical (unpaired) electrons. The van der Waals surface area contributed by atoms with E-state index >= 15 is 0 Å². The molecule has 0 fully saturated rings. The summed E-state index contributed by atoms with van der Waals surface area (Å²) in [6, 6.07) is 15.1. The highest BCUT2D eigenvalue weighted by Crippen LogP contribution is 2.27. The number of carbonyl (C=O) groups is 1. The molecule has 2 aromatic carbocycles. The lowest BCUT2D eigenvalue weighted by molar-refractivity contribution is 0.0935. The second-order valence-electron chi connectivity index (χ2n) is 4.77. The monoisotopic (exact) mass is 280 g/mol. The number of fused-ring (bicyclic) bond motifs is 1. The summed E-state index contributed by atoms with van der Waals surface area (Å²) in [7, 11) is 0. The molecule has 3 rings (SSSR count). The van der Waals surface area contributed by atoms with Crippen molar-refractivity contribution in [3.8, 4) is 5.75 Å². The predicted octanol–water partition coefficient (Wildman–Crippen LogP) is 3.11. The Morgan fingerprint density at radius 3 is 2.86 bits per heavy atom. The fraction of sp³-hybridized carbons (Fsp3) is 0.118. The maximum absolute atomic E-state index is 12.1. The molecule has 4 heteroatoms. The molecular weight excluding hydrogens is 264 g/mol. The number of para-hydroxylation sites is 1. The molecule has 4 nitrogen and oxygen atoms in total. The lowest BCUT2D eigenvalue weighted by atomic mass is 10.1. The highest BCUT2D eigenvalue weighted by Gasteiger charge is 2.24. The van der Waals surface area contributed by atoms with Gasteiger partial charge in [0.15, 0.2) is 0 Å². The Labute approximate surface area is 123 Å². The number of benzene rings is 2. The SMILES string of the molecule is C=CCOc1cccc([C@@H]2NC(=O)c3ccccc3N2)c1. The number of hydrogen-bond acceptors (Lipinski definition) is 3. The Bertz CT molecular complexity index is 682. The molecule has 0 bridgehead atoms. The molecule has 1 heterocycles. The van der Waals surface area contributed by atoms with Crippen LogP contribution in [-0.2, 0) is 0 Å². The number of amides is 1. The molecule has 2 N–H and O–H groups in total. The lowest BCUT2D eigenvalue weighted by Crippen LogP contribution is -2.38. The average molecular weight is 280 g/mol. The number of nitrogens with one attached hydrogen (secondary N) is 2. The molecule has 0 saturated carbocycles. The third-order valence-corrected chi connectivity index (χ3v) is 3.31. The van der Waals surface area contributed by atoms with Crippen LogP contribution in [0.1, 0.15) is 22.1 Å². The maximum atomic E-state index is 12.1. The van der Waals surface area contributed by atoms with Crippen LogP contribution < -0.4 is 15.4 Å². The highest BCUT2D eigenvalue weighted by atomic mass is 16.5. The van der Waals surface area contributed by atoms with Crippen LogP contribution in [-0.4, -0.2) is 12.5 Å². The van der Waals surface area contributed by atoms with Crippen LogP contribution in [0.2, 0.25) is 0 Å². The zero-order chi connectivity index (χ0) is 14.7. The van der Waals surface area contributed by atoms with Crippen molar-refractivity contribution >= 4 is 11.6 Å². The van der Waals surface area contributed by atoms with Crippen LogP contribution in [0, 0.1) is 0 Å². The van der Waals surface area contributed by atoms with Crippen molar-refractivity contribution in [3.63, 3.8) is 0 Å². The first kappa shape index (κ1) is 13.2. The minimum absolute atomic E-state index is 0.0771. The van der Waals surface area contributed by atoms with E-state index < -0.39 is 0 Å². The van der Waals surface area contributed by atoms with Crippen LogP contribution >= 0.6 is 0 Å². The van der Waals surface area contributed by atoms with Gasteiger partial charge in [0.25, 0.3) is 5.91 Å². The van der Waals surface area contributed by atoms with E-state index in [1.807, 2.05) is 42.5 Å². The van der Waals surface area contributed by atoms with E-state index in [0.29, 0.717) is 12.2 Å². The third-order valence-electron chi connectivity index (χ3n) is 3.31. The van der Waals surface area contributed by atoms with E-state index in [4.69, 9.17) is 4.74 Å². The predicted molar refractivity (Wildman–Crippen MR) is 82.4 cm³/mol. The van der Waals surface area contributed by atoms with Crippen LogP contribution in [0.15, 0.2) is 61.2 Å².